The molecule has 0 saturated carbocycles. The second-order valence-electron chi connectivity index (χ2n) is 9.67. The first kappa shape index (κ1) is 25.6. The normalized spacial score (nSPS) is 17.2. The van der Waals surface area contributed by atoms with Crippen LogP contribution >= 0.6 is 15.8 Å². The lowest BCUT2D eigenvalue weighted by Gasteiger charge is -2.36. The van der Waals surface area contributed by atoms with Crippen molar-refractivity contribution in [2.24, 2.45) is 0 Å². The topological polar surface area (TPSA) is 0 Å². The van der Waals surface area contributed by atoms with Gasteiger partial charge in [0.25, 0.3) is 0 Å². The minimum Gasteiger partial charge on any atom is -0.145 e. The number of allylic oxidation sites excluding steroid dienone is 10. The molecule has 0 aliphatic heterocycles. The fourth-order valence-corrected chi connectivity index (χ4v) is 10.4. The maximum atomic E-state index is 2.44. The van der Waals surface area contributed by atoms with E-state index in [1.165, 1.54) is 43.6 Å². The molecule has 0 heterocycles. The number of rotatable bonds is 7. The molecular formula is C37H31P2-. The standard InChI is InChI=1S/C37H31P2/c1-29(38(32-16-6-2-7-17-32)33-18-8-3-9-19-33)30-26-27-31(28-30)36-24-14-15-25-37(36)39(34-20-10-4-11-21-34)35-22-12-5-13-23-35/h2-29H,1H3/q-1/b36-31+/t29-/m1/s1. The van der Waals surface area contributed by atoms with E-state index in [9.17, 15) is 0 Å². The van der Waals surface area contributed by atoms with Gasteiger partial charge in [-0.1, -0.05) is 166 Å². The van der Waals surface area contributed by atoms with Gasteiger partial charge in [-0.25, -0.2) is 0 Å². The minimum absolute atomic E-state index is 0.399. The first-order valence-corrected chi connectivity index (χ1v) is 16.2. The van der Waals surface area contributed by atoms with Crippen molar-refractivity contribution in [3.63, 3.8) is 0 Å². The van der Waals surface area contributed by atoms with Crippen LogP contribution in [0.1, 0.15) is 6.92 Å². The third kappa shape index (κ3) is 5.55. The zero-order valence-electron chi connectivity index (χ0n) is 22.1. The highest BCUT2D eigenvalue weighted by atomic mass is 31.1. The quantitative estimate of drug-likeness (QED) is 0.165. The van der Waals surface area contributed by atoms with Crippen molar-refractivity contribution < 1.29 is 0 Å². The molecule has 1 atom stereocenters. The summed E-state index contributed by atoms with van der Waals surface area (Å²) < 4.78 is 0. The number of hydrogen-bond donors (Lipinski definition) is 0. The molecular weight excluding hydrogens is 506 g/mol. The summed E-state index contributed by atoms with van der Waals surface area (Å²) in [5.74, 6) is 0. The van der Waals surface area contributed by atoms with Gasteiger partial charge in [0.1, 0.15) is 0 Å². The second kappa shape index (κ2) is 12.0. The SMILES string of the molecule is C[C@H](C1=C/C(=C2\C=CC=C[C-]2P(c2ccccc2)c2ccccc2)C=C1)P(c1ccccc1)c1ccccc1. The zero-order chi connectivity index (χ0) is 26.4. The van der Waals surface area contributed by atoms with Gasteiger partial charge in [-0.05, 0) is 34.7 Å². The number of benzene rings is 4. The Labute approximate surface area is 235 Å². The number of hydrogen-bond acceptors (Lipinski definition) is 0. The van der Waals surface area contributed by atoms with Crippen LogP contribution in [0.25, 0.3) is 0 Å². The highest BCUT2D eigenvalue weighted by molar-refractivity contribution is 7.76. The molecule has 2 aliphatic carbocycles. The van der Waals surface area contributed by atoms with Crippen LogP contribution in [0.5, 0.6) is 0 Å². The van der Waals surface area contributed by atoms with Crippen LogP contribution in [0, 0.1) is 5.66 Å². The van der Waals surface area contributed by atoms with Gasteiger partial charge in [0.2, 0.25) is 0 Å². The molecule has 2 aliphatic rings. The van der Waals surface area contributed by atoms with Crippen LogP contribution in [-0.2, 0) is 0 Å². The fourth-order valence-electron chi connectivity index (χ4n) is 5.31. The average molecular weight is 538 g/mol. The van der Waals surface area contributed by atoms with E-state index in [1.54, 1.807) is 0 Å². The molecule has 0 spiro atoms. The van der Waals surface area contributed by atoms with E-state index >= 15 is 0 Å². The van der Waals surface area contributed by atoms with Crippen molar-refractivity contribution in [3.05, 3.63) is 186 Å². The molecule has 190 valence electrons. The summed E-state index contributed by atoms with van der Waals surface area (Å²) in [4.78, 5) is 0. The van der Waals surface area contributed by atoms with Crippen molar-refractivity contribution in [2.45, 2.75) is 12.6 Å². The molecule has 0 nitrogen and oxygen atoms in total. The largest absolute Gasteiger partial charge is 0.145 e. The summed E-state index contributed by atoms with van der Waals surface area (Å²) in [6.07, 6.45) is 16.1. The monoisotopic (exact) mass is 537 g/mol. The Balaban J connectivity index is 1.40. The summed E-state index contributed by atoms with van der Waals surface area (Å²) >= 11 is 0. The molecule has 0 unspecified atom stereocenters. The van der Waals surface area contributed by atoms with Crippen molar-refractivity contribution in [1.82, 2.24) is 0 Å². The molecule has 0 amide bonds. The molecule has 0 bridgehead atoms. The van der Waals surface area contributed by atoms with Crippen LogP contribution in [-0.4, -0.2) is 5.66 Å². The van der Waals surface area contributed by atoms with Crippen LogP contribution < -0.4 is 21.2 Å². The highest BCUT2D eigenvalue weighted by Gasteiger charge is 2.26. The molecule has 4 aromatic carbocycles. The molecule has 4 aromatic rings. The third-order valence-corrected chi connectivity index (χ3v) is 12.5. The first-order chi connectivity index (χ1) is 19.3. The lowest BCUT2D eigenvalue weighted by atomic mass is 10.0. The van der Waals surface area contributed by atoms with E-state index < -0.39 is 15.8 Å². The van der Waals surface area contributed by atoms with Gasteiger partial charge >= 0.3 is 0 Å². The summed E-state index contributed by atoms with van der Waals surface area (Å²) in [6, 6.07) is 44.0. The highest BCUT2D eigenvalue weighted by Crippen LogP contribution is 2.53. The van der Waals surface area contributed by atoms with Crippen LogP contribution in [0.4, 0.5) is 0 Å². The summed E-state index contributed by atoms with van der Waals surface area (Å²) in [6.45, 7) is 2.40. The van der Waals surface area contributed by atoms with E-state index in [-0.39, 0.29) is 0 Å². The maximum absolute atomic E-state index is 2.44. The third-order valence-electron chi connectivity index (χ3n) is 7.20. The van der Waals surface area contributed by atoms with E-state index in [0.717, 1.165) is 0 Å². The molecule has 39 heavy (non-hydrogen) atoms. The Bertz CT molecular complexity index is 1470. The van der Waals surface area contributed by atoms with Gasteiger partial charge in [0, 0.05) is 5.66 Å². The van der Waals surface area contributed by atoms with Crippen LogP contribution in [0.3, 0.4) is 0 Å². The molecule has 0 saturated heterocycles. The Hall–Kier alpha value is -3.69. The smallest absolute Gasteiger partial charge is 0.00857 e. The Morgan fingerprint density at radius 1 is 0.538 bits per heavy atom. The minimum atomic E-state index is -0.677. The summed E-state index contributed by atoms with van der Waals surface area (Å²) in [5.41, 5.74) is 5.85. The van der Waals surface area contributed by atoms with Gasteiger partial charge in [-0.15, -0.1) is 29.9 Å². The van der Waals surface area contributed by atoms with Crippen LogP contribution in [0.15, 0.2) is 181 Å². The van der Waals surface area contributed by atoms with E-state index in [0.29, 0.717) is 5.66 Å². The van der Waals surface area contributed by atoms with Gasteiger partial charge < -0.3 is 0 Å². The lowest BCUT2D eigenvalue weighted by molar-refractivity contribution is 1.17. The fraction of sp³-hybridized carbons (Fsp3) is 0.0541. The van der Waals surface area contributed by atoms with Crippen LogP contribution in [0.2, 0.25) is 0 Å². The van der Waals surface area contributed by atoms with Crippen molar-refractivity contribution in [2.75, 3.05) is 0 Å². The molecule has 6 rings (SSSR count). The van der Waals surface area contributed by atoms with Gasteiger partial charge in [0.05, 0.1) is 0 Å². The van der Waals surface area contributed by atoms with Gasteiger partial charge in [-0.2, -0.15) is 0 Å². The first-order valence-electron chi connectivity index (χ1n) is 13.5. The second-order valence-corrected chi connectivity index (χ2v) is 14.4. The molecule has 2 heteroatoms. The van der Waals surface area contributed by atoms with E-state index in [4.69, 9.17) is 0 Å². The van der Waals surface area contributed by atoms with Crippen molar-refractivity contribution in [3.8, 4) is 0 Å². The van der Waals surface area contributed by atoms with E-state index in [2.05, 4.69) is 171 Å². The van der Waals surface area contributed by atoms with Crippen molar-refractivity contribution >= 4 is 37.1 Å². The summed E-state index contributed by atoms with van der Waals surface area (Å²) in [5, 5.41) is 5.60. The predicted molar refractivity (Wildman–Crippen MR) is 173 cm³/mol. The van der Waals surface area contributed by atoms with Gasteiger partial charge in [-0.3, -0.25) is 0 Å². The van der Waals surface area contributed by atoms with Gasteiger partial charge in [0.15, 0.2) is 0 Å². The molecule has 0 N–H and O–H groups in total. The Morgan fingerprint density at radius 3 is 1.54 bits per heavy atom. The Morgan fingerprint density at radius 2 is 1.03 bits per heavy atom. The lowest BCUT2D eigenvalue weighted by Crippen LogP contribution is -2.20. The molecule has 0 fully saturated rings. The Kier molecular flexibility index (Phi) is 7.87. The average Bonchev–Trinajstić information content (AvgIpc) is 3.50. The van der Waals surface area contributed by atoms with Crippen molar-refractivity contribution in [1.29, 1.82) is 0 Å². The maximum Gasteiger partial charge on any atom is 0.00857 e. The molecule has 0 radical (unpaired) electrons. The zero-order valence-corrected chi connectivity index (χ0v) is 23.8. The summed E-state index contributed by atoms with van der Waals surface area (Å²) in [7, 11) is -1.21. The molecule has 0 aromatic heterocycles. The predicted octanol–water partition coefficient (Wildman–Crippen LogP) is 8.09. The van der Waals surface area contributed by atoms with E-state index in [1.807, 2.05) is 0 Å².